The minimum absolute atomic E-state index is 0.209. The molecule has 32 heavy (non-hydrogen) atoms. The zero-order chi connectivity index (χ0) is 22.9. The number of dihydropyridines is 2. The Balaban J connectivity index is 1.68. The fourth-order valence-corrected chi connectivity index (χ4v) is 3.92. The summed E-state index contributed by atoms with van der Waals surface area (Å²) < 4.78 is 0. The molecule has 0 spiro atoms. The molecule has 0 saturated heterocycles. The lowest BCUT2D eigenvalue weighted by molar-refractivity contribution is 0.367. The Kier molecular flexibility index (Phi) is 8.25. The third-order valence-electron chi connectivity index (χ3n) is 5.87. The Morgan fingerprint density at radius 3 is 2.69 bits per heavy atom. The predicted molar refractivity (Wildman–Crippen MR) is 134 cm³/mol. The Morgan fingerprint density at radius 2 is 2.00 bits per heavy atom. The van der Waals surface area contributed by atoms with Gasteiger partial charge in [-0.05, 0) is 54.6 Å². The monoisotopic (exact) mass is 433 g/mol. The molecule has 1 saturated carbocycles. The molecule has 0 amide bonds. The first-order chi connectivity index (χ1) is 15.5. The molecule has 0 aromatic carbocycles. The van der Waals surface area contributed by atoms with Crippen LogP contribution < -0.4 is 22.1 Å². The van der Waals surface area contributed by atoms with E-state index in [9.17, 15) is 0 Å². The molecule has 0 aromatic heterocycles. The first kappa shape index (κ1) is 23.3. The predicted octanol–water partition coefficient (Wildman–Crippen LogP) is 3.77. The molecule has 0 atom stereocenters. The average Bonchev–Trinajstić information content (AvgIpc) is 2.80. The van der Waals surface area contributed by atoms with E-state index in [1.807, 2.05) is 44.5 Å². The number of allylic oxidation sites excluding steroid dienone is 6. The largest absolute Gasteiger partial charge is 0.404 e. The van der Waals surface area contributed by atoms with Gasteiger partial charge in [0, 0.05) is 42.5 Å². The molecule has 0 radical (unpaired) electrons. The van der Waals surface area contributed by atoms with Crippen LogP contribution in [0.25, 0.3) is 0 Å². The maximum atomic E-state index is 7.52. The van der Waals surface area contributed by atoms with Crippen LogP contribution in [0.15, 0.2) is 80.6 Å². The molecule has 170 valence electrons. The quantitative estimate of drug-likeness (QED) is 0.295. The van der Waals surface area contributed by atoms with E-state index < -0.39 is 0 Å². The van der Waals surface area contributed by atoms with Crippen LogP contribution in [0.3, 0.4) is 0 Å². The summed E-state index contributed by atoms with van der Waals surface area (Å²) in [5.41, 5.74) is 16.5. The van der Waals surface area contributed by atoms with Gasteiger partial charge in [-0.15, -0.1) is 0 Å². The fraction of sp³-hybridized carbons (Fsp3) is 0.400. The number of amidine groups is 1. The highest BCUT2D eigenvalue weighted by Gasteiger charge is 2.17. The molecule has 2 heterocycles. The van der Waals surface area contributed by atoms with Gasteiger partial charge in [0.1, 0.15) is 11.7 Å². The van der Waals surface area contributed by atoms with Crippen molar-refractivity contribution >= 4 is 18.3 Å². The maximum absolute atomic E-state index is 7.52. The van der Waals surface area contributed by atoms with Crippen molar-refractivity contribution < 1.29 is 0 Å². The van der Waals surface area contributed by atoms with E-state index >= 15 is 0 Å². The zero-order valence-corrected chi connectivity index (χ0v) is 19.1. The number of aliphatic imine (C=N–C) groups is 2. The van der Waals surface area contributed by atoms with E-state index in [1.165, 1.54) is 38.3 Å². The molecular formula is C25H35N7. The van der Waals surface area contributed by atoms with Gasteiger partial charge in [0.05, 0.1) is 11.4 Å². The van der Waals surface area contributed by atoms with Crippen LogP contribution in [0.4, 0.5) is 0 Å². The Morgan fingerprint density at radius 1 is 1.22 bits per heavy atom. The van der Waals surface area contributed by atoms with Crippen molar-refractivity contribution in [2.75, 3.05) is 6.54 Å². The molecule has 0 bridgehead atoms. The van der Waals surface area contributed by atoms with Gasteiger partial charge in [-0.2, -0.15) is 0 Å². The lowest BCUT2D eigenvalue weighted by Gasteiger charge is -2.23. The average molecular weight is 434 g/mol. The molecule has 1 aliphatic carbocycles. The van der Waals surface area contributed by atoms with Crippen molar-refractivity contribution in [1.29, 1.82) is 5.41 Å². The van der Waals surface area contributed by atoms with Crippen molar-refractivity contribution in [3.8, 4) is 0 Å². The van der Waals surface area contributed by atoms with Crippen molar-refractivity contribution in [2.24, 2.45) is 33.3 Å². The van der Waals surface area contributed by atoms with Crippen molar-refractivity contribution in [2.45, 2.75) is 46.0 Å². The minimum Gasteiger partial charge on any atom is -0.404 e. The summed E-state index contributed by atoms with van der Waals surface area (Å²) in [6.45, 7) is 4.90. The van der Waals surface area contributed by atoms with Crippen molar-refractivity contribution in [1.82, 2.24) is 10.6 Å². The van der Waals surface area contributed by atoms with E-state index in [4.69, 9.17) is 16.9 Å². The standard InChI is InChI=1S/C25H35N7/c1-17(2)19(12-26)11-24(28)32-25-9-8-22-23(31-25)10-20(16-30-22)21(13-27)15-29-14-18-6-4-3-5-7-18/h8-13,15-18,26,30-31H,3-7,14,27H2,1-2H3,(H2,28,32). The van der Waals surface area contributed by atoms with Crippen LogP contribution in [0.2, 0.25) is 0 Å². The lowest BCUT2D eigenvalue weighted by Crippen LogP contribution is -2.27. The molecule has 0 aromatic rings. The topological polar surface area (TPSA) is 125 Å². The van der Waals surface area contributed by atoms with Crippen molar-refractivity contribution in [3.63, 3.8) is 0 Å². The summed E-state index contributed by atoms with van der Waals surface area (Å²) in [6.07, 6.45) is 20.8. The van der Waals surface area contributed by atoms with Gasteiger partial charge >= 0.3 is 0 Å². The fourth-order valence-electron chi connectivity index (χ4n) is 3.92. The van der Waals surface area contributed by atoms with Crippen LogP contribution in [-0.2, 0) is 0 Å². The molecule has 7 N–H and O–H groups in total. The van der Waals surface area contributed by atoms with Gasteiger partial charge in [0.15, 0.2) is 0 Å². The molecule has 3 rings (SSSR count). The second-order valence-corrected chi connectivity index (χ2v) is 8.66. The summed E-state index contributed by atoms with van der Waals surface area (Å²) in [5.74, 6) is 1.89. The zero-order valence-electron chi connectivity index (χ0n) is 19.1. The van der Waals surface area contributed by atoms with Crippen LogP contribution in [0.1, 0.15) is 46.0 Å². The summed E-state index contributed by atoms with van der Waals surface area (Å²) in [5, 5.41) is 14.1. The van der Waals surface area contributed by atoms with Crippen LogP contribution in [-0.4, -0.2) is 24.8 Å². The van der Waals surface area contributed by atoms with Gasteiger partial charge in [-0.1, -0.05) is 33.1 Å². The van der Waals surface area contributed by atoms with E-state index in [0.717, 1.165) is 34.7 Å². The number of hydrogen-bond donors (Lipinski definition) is 5. The van der Waals surface area contributed by atoms with Crippen LogP contribution >= 0.6 is 0 Å². The van der Waals surface area contributed by atoms with Crippen LogP contribution in [0.5, 0.6) is 0 Å². The normalized spacial score (nSPS) is 20.7. The van der Waals surface area contributed by atoms with Crippen LogP contribution in [0, 0.1) is 17.2 Å². The summed E-state index contributed by atoms with van der Waals surface area (Å²) in [7, 11) is 0. The molecule has 7 nitrogen and oxygen atoms in total. The third-order valence-corrected chi connectivity index (χ3v) is 5.87. The summed E-state index contributed by atoms with van der Waals surface area (Å²) in [6, 6.07) is 0. The number of rotatable bonds is 8. The molecule has 7 heteroatoms. The number of fused-ring (bicyclic) bond motifs is 1. The highest BCUT2D eigenvalue weighted by Crippen LogP contribution is 2.25. The molecule has 2 aliphatic heterocycles. The molecule has 0 unspecified atom stereocenters. The van der Waals surface area contributed by atoms with Gasteiger partial charge in [0.2, 0.25) is 0 Å². The second kappa shape index (κ2) is 11.3. The molecule has 3 aliphatic rings. The van der Waals surface area contributed by atoms with Crippen molar-refractivity contribution in [3.05, 3.63) is 70.6 Å². The highest BCUT2D eigenvalue weighted by atomic mass is 15.1. The van der Waals surface area contributed by atoms with Gasteiger partial charge < -0.3 is 27.5 Å². The number of nitrogens with one attached hydrogen (secondary N) is 3. The first-order valence-electron chi connectivity index (χ1n) is 11.4. The van der Waals surface area contributed by atoms with E-state index in [0.29, 0.717) is 17.6 Å². The van der Waals surface area contributed by atoms with E-state index in [1.54, 1.807) is 12.3 Å². The Labute approximate surface area is 191 Å². The van der Waals surface area contributed by atoms with E-state index in [2.05, 4.69) is 20.6 Å². The van der Waals surface area contributed by atoms with Gasteiger partial charge in [0.25, 0.3) is 0 Å². The summed E-state index contributed by atoms with van der Waals surface area (Å²) in [4.78, 5) is 9.12. The SMILES string of the molecule is CC(C)C(C=N)=CC(N)=NC1=CC=C2NC=C(C(C=NCC3CCCCC3)=CN)C=C2N1. The number of nitrogens with two attached hydrogens (primary N) is 2. The first-order valence-corrected chi connectivity index (χ1v) is 11.4. The summed E-state index contributed by atoms with van der Waals surface area (Å²) >= 11 is 0. The number of nitrogens with zero attached hydrogens (tertiary/aromatic N) is 2. The lowest BCUT2D eigenvalue weighted by atomic mass is 9.89. The van der Waals surface area contributed by atoms with Gasteiger partial charge in [-0.25, -0.2) is 4.99 Å². The molecule has 1 fully saturated rings. The van der Waals surface area contributed by atoms with E-state index in [-0.39, 0.29) is 5.92 Å². The minimum atomic E-state index is 0.209. The molecular weight excluding hydrogens is 398 g/mol. The van der Waals surface area contributed by atoms with Gasteiger partial charge in [-0.3, -0.25) is 4.99 Å². The highest BCUT2D eigenvalue weighted by molar-refractivity contribution is 5.97. The smallest absolute Gasteiger partial charge is 0.132 e. The number of hydrogen-bond acceptors (Lipinski definition) is 6. The maximum Gasteiger partial charge on any atom is 0.132 e. The third kappa shape index (κ3) is 6.33. The Bertz CT molecular complexity index is 949. The second-order valence-electron chi connectivity index (χ2n) is 8.66. The Hall–Kier alpha value is -3.35.